The predicted molar refractivity (Wildman–Crippen MR) is 64.2 cm³/mol. The molecular weight excluding hydrogens is 200 g/mol. The second-order valence-electron chi connectivity index (χ2n) is 5.98. The largest absolute Gasteiger partial charge is 0.513 e. The number of aliphatic hydroxyl groups is 1. The summed E-state index contributed by atoms with van der Waals surface area (Å²) in [6.07, 6.45) is 8.24. The summed E-state index contributed by atoms with van der Waals surface area (Å²) in [7, 11) is 0. The minimum Gasteiger partial charge on any atom is -0.513 e. The van der Waals surface area contributed by atoms with Gasteiger partial charge in [-0.15, -0.1) is 0 Å². The van der Waals surface area contributed by atoms with E-state index in [0.717, 1.165) is 12.8 Å². The summed E-state index contributed by atoms with van der Waals surface area (Å²) in [4.78, 5) is 11.7. The molecule has 0 aliphatic heterocycles. The number of aliphatic hydroxyl groups excluding tert-OH is 1. The van der Waals surface area contributed by atoms with Crippen molar-refractivity contribution >= 4 is 5.78 Å². The smallest absolute Gasteiger partial charge is 0.136 e. The van der Waals surface area contributed by atoms with Crippen LogP contribution in [0.1, 0.15) is 52.4 Å². The highest BCUT2D eigenvalue weighted by molar-refractivity contribution is 5.80. The van der Waals surface area contributed by atoms with Crippen LogP contribution in [0.4, 0.5) is 0 Å². The van der Waals surface area contributed by atoms with E-state index in [4.69, 9.17) is 0 Å². The lowest BCUT2D eigenvalue weighted by molar-refractivity contribution is -0.122. The van der Waals surface area contributed by atoms with Crippen LogP contribution in [-0.2, 0) is 4.79 Å². The fourth-order valence-electron chi connectivity index (χ4n) is 3.09. The summed E-state index contributed by atoms with van der Waals surface area (Å²) in [5.41, 5.74) is 0.348. The zero-order valence-corrected chi connectivity index (χ0v) is 10.3. The summed E-state index contributed by atoms with van der Waals surface area (Å²) in [5, 5.41) is 9.78. The van der Waals surface area contributed by atoms with E-state index < -0.39 is 0 Å². The third kappa shape index (κ3) is 2.31. The van der Waals surface area contributed by atoms with E-state index in [1.54, 1.807) is 0 Å². The monoisotopic (exact) mass is 222 g/mol. The second kappa shape index (κ2) is 4.23. The second-order valence-corrected chi connectivity index (χ2v) is 5.98. The lowest BCUT2D eigenvalue weighted by Gasteiger charge is -2.46. The van der Waals surface area contributed by atoms with Crippen molar-refractivity contribution in [2.45, 2.75) is 52.4 Å². The van der Waals surface area contributed by atoms with E-state index in [1.165, 1.54) is 19.3 Å². The van der Waals surface area contributed by atoms with Crippen molar-refractivity contribution in [2.75, 3.05) is 0 Å². The van der Waals surface area contributed by atoms with Crippen LogP contribution in [0.25, 0.3) is 0 Å². The maximum Gasteiger partial charge on any atom is 0.136 e. The SMILES string of the molecule is CC(C)C(=O)CC1C=C(O)CC2(CCC2)C1. The Labute approximate surface area is 97.7 Å². The molecule has 2 rings (SSSR count). The molecule has 0 amide bonds. The standard InChI is InChI=1S/C14H22O2/c1-10(2)13(16)7-11-6-12(15)9-14(8-11)4-3-5-14/h6,10-11,15H,3-5,7-9H2,1-2H3. The highest BCUT2D eigenvalue weighted by Crippen LogP contribution is 2.53. The van der Waals surface area contributed by atoms with Gasteiger partial charge in [0, 0.05) is 18.8 Å². The van der Waals surface area contributed by atoms with Crippen LogP contribution >= 0.6 is 0 Å². The third-order valence-corrected chi connectivity index (χ3v) is 4.20. The number of hydrogen-bond donors (Lipinski definition) is 1. The molecule has 0 radical (unpaired) electrons. The summed E-state index contributed by atoms with van der Waals surface area (Å²) < 4.78 is 0. The summed E-state index contributed by atoms with van der Waals surface area (Å²) >= 11 is 0. The molecule has 2 nitrogen and oxygen atoms in total. The van der Waals surface area contributed by atoms with Gasteiger partial charge >= 0.3 is 0 Å². The molecule has 1 N–H and O–H groups in total. The van der Waals surface area contributed by atoms with Gasteiger partial charge in [0.2, 0.25) is 0 Å². The maximum absolute atomic E-state index is 11.7. The fraction of sp³-hybridized carbons (Fsp3) is 0.786. The highest BCUT2D eigenvalue weighted by atomic mass is 16.3. The summed E-state index contributed by atoms with van der Waals surface area (Å²) in [6.45, 7) is 3.90. The number of rotatable bonds is 3. The molecule has 0 aromatic rings. The van der Waals surface area contributed by atoms with Crippen LogP contribution in [0.5, 0.6) is 0 Å². The lowest BCUT2D eigenvalue weighted by Crippen LogP contribution is -2.35. The van der Waals surface area contributed by atoms with Crippen LogP contribution in [-0.4, -0.2) is 10.9 Å². The van der Waals surface area contributed by atoms with Gasteiger partial charge in [-0.1, -0.05) is 20.3 Å². The van der Waals surface area contributed by atoms with Crippen molar-refractivity contribution in [2.24, 2.45) is 17.3 Å². The van der Waals surface area contributed by atoms with Crippen molar-refractivity contribution in [1.29, 1.82) is 0 Å². The van der Waals surface area contributed by atoms with Crippen LogP contribution < -0.4 is 0 Å². The van der Waals surface area contributed by atoms with Gasteiger partial charge < -0.3 is 5.11 Å². The van der Waals surface area contributed by atoms with Crippen molar-refractivity contribution in [3.63, 3.8) is 0 Å². The van der Waals surface area contributed by atoms with E-state index >= 15 is 0 Å². The zero-order chi connectivity index (χ0) is 11.8. The molecule has 2 aliphatic carbocycles. The van der Waals surface area contributed by atoms with Gasteiger partial charge in [-0.3, -0.25) is 4.79 Å². The molecule has 1 atom stereocenters. The Morgan fingerprint density at radius 3 is 2.75 bits per heavy atom. The van der Waals surface area contributed by atoms with Crippen LogP contribution in [0, 0.1) is 17.3 Å². The number of carbonyl (C=O) groups excluding carboxylic acids is 1. The molecule has 2 heteroatoms. The van der Waals surface area contributed by atoms with Gasteiger partial charge in [-0.25, -0.2) is 0 Å². The van der Waals surface area contributed by atoms with Gasteiger partial charge in [0.25, 0.3) is 0 Å². The van der Waals surface area contributed by atoms with Crippen molar-refractivity contribution < 1.29 is 9.90 Å². The van der Waals surface area contributed by atoms with Crippen molar-refractivity contribution in [3.05, 3.63) is 11.8 Å². The Kier molecular flexibility index (Phi) is 3.09. The van der Waals surface area contributed by atoms with Crippen LogP contribution in [0.15, 0.2) is 11.8 Å². The molecule has 0 aromatic carbocycles. The molecule has 0 heterocycles. The van der Waals surface area contributed by atoms with E-state index in [1.807, 2.05) is 19.9 Å². The van der Waals surface area contributed by atoms with Gasteiger partial charge in [-0.05, 0) is 36.7 Å². The molecule has 0 bridgehead atoms. The predicted octanol–water partition coefficient (Wildman–Crippen LogP) is 3.62. The first-order valence-electron chi connectivity index (χ1n) is 6.43. The van der Waals surface area contributed by atoms with Crippen LogP contribution in [0.3, 0.4) is 0 Å². The summed E-state index contributed by atoms with van der Waals surface area (Å²) in [6, 6.07) is 0. The molecule has 16 heavy (non-hydrogen) atoms. The normalized spacial score (nSPS) is 27.7. The van der Waals surface area contributed by atoms with E-state index in [2.05, 4.69) is 0 Å². The van der Waals surface area contributed by atoms with Crippen molar-refractivity contribution in [3.8, 4) is 0 Å². The zero-order valence-electron chi connectivity index (χ0n) is 10.3. The summed E-state index contributed by atoms with van der Waals surface area (Å²) in [5.74, 6) is 1.25. The number of carbonyl (C=O) groups is 1. The Morgan fingerprint density at radius 2 is 2.25 bits per heavy atom. The van der Waals surface area contributed by atoms with E-state index in [9.17, 15) is 9.90 Å². The number of ketones is 1. The minimum absolute atomic E-state index is 0.120. The number of allylic oxidation sites excluding steroid dienone is 2. The van der Waals surface area contributed by atoms with Gasteiger partial charge in [-0.2, -0.15) is 0 Å². The average Bonchev–Trinajstić information content (AvgIpc) is 2.14. The molecule has 2 aliphatic rings. The molecule has 1 unspecified atom stereocenters. The fourth-order valence-corrected chi connectivity index (χ4v) is 3.09. The van der Waals surface area contributed by atoms with Crippen LogP contribution in [0.2, 0.25) is 0 Å². The van der Waals surface area contributed by atoms with E-state index in [0.29, 0.717) is 23.4 Å². The Balaban J connectivity index is 1.99. The molecule has 0 aromatic heterocycles. The lowest BCUT2D eigenvalue weighted by atomic mass is 9.59. The van der Waals surface area contributed by atoms with Gasteiger partial charge in [0.15, 0.2) is 0 Å². The van der Waals surface area contributed by atoms with Gasteiger partial charge in [0.05, 0.1) is 5.76 Å². The maximum atomic E-state index is 11.7. The molecule has 1 saturated carbocycles. The first kappa shape index (κ1) is 11.7. The third-order valence-electron chi connectivity index (χ3n) is 4.20. The number of hydrogen-bond acceptors (Lipinski definition) is 2. The molecule has 1 fully saturated rings. The average molecular weight is 222 g/mol. The first-order valence-corrected chi connectivity index (χ1v) is 6.43. The first-order chi connectivity index (χ1) is 7.51. The van der Waals surface area contributed by atoms with E-state index in [-0.39, 0.29) is 11.8 Å². The topological polar surface area (TPSA) is 37.3 Å². The van der Waals surface area contributed by atoms with Gasteiger partial charge in [0.1, 0.15) is 5.78 Å². The van der Waals surface area contributed by atoms with Crippen molar-refractivity contribution in [1.82, 2.24) is 0 Å². The Bertz CT molecular complexity index is 311. The number of Topliss-reactive ketones (excluding diaryl/α,β-unsaturated/α-hetero) is 1. The Hall–Kier alpha value is -0.790. The molecule has 90 valence electrons. The quantitative estimate of drug-likeness (QED) is 0.791. The highest BCUT2D eigenvalue weighted by Gasteiger charge is 2.42. The molecule has 1 spiro atoms. The molecular formula is C14H22O2. The Morgan fingerprint density at radius 1 is 1.56 bits per heavy atom. The molecule has 0 saturated heterocycles. The minimum atomic E-state index is 0.120.